The van der Waals surface area contributed by atoms with Gasteiger partial charge in [-0.25, -0.2) is 13.1 Å². The quantitative estimate of drug-likeness (QED) is 0.732. The third-order valence-electron chi connectivity index (χ3n) is 3.50. The topological polar surface area (TPSA) is 108 Å². The Hall–Kier alpha value is -2.00. The zero-order valence-electron chi connectivity index (χ0n) is 12.2. The van der Waals surface area contributed by atoms with Gasteiger partial charge in [-0.1, -0.05) is 0 Å². The summed E-state index contributed by atoms with van der Waals surface area (Å²) >= 11 is 0. The first-order chi connectivity index (χ1) is 10.4. The predicted molar refractivity (Wildman–Crippen MR) is 80.4 cm³/mol. The fourth-order valence-electron chi connectivity index (χ4n) is 2.31. The van der Waals surface area contributed by atoms with E-state index in [0.717, 1.165) is 0 Å². The number of pyridine rings is 1. The molecule has 0 radical (unpaired) electrons. The summed E-state index contributed by atoms with van der Waals surface area (Å²) < 4.78 is 25.9. The van der Waals surface area contributed by atoms with Crippen LogP contribution in [0.4, 0.5) is 5.69 Å². The van der Waals surface area contributed by atoms with E-state index in [2.05, 4.69) is 15.0 Å². The number of sulfonamides is 1. The van der Waals surface area contributed by atoms with Crippen LogP contribution >= 0.6 is 0 Å². The Kier molecular flexibility index (Phi) is 5.09. The van der Waals surface area contributed by atoms with Crippen molar-refractivity contribution in [3.63, 3.8) is 0 Å². The van der Waals surface area contributed by atoms with E-state index in [1.54, 1.807) is 18.3 Å². The van der Waals surface area contributed by atoms with Crippen molar-refractivity contribution in [2.24, 2.45) is 0 Å². The van der Waals surface area contributed by atoms with Crippen LogP contribution in [0.1, 0.15) is 12.8 Å². The molecule has 0 aromatic carbocycles. The summed E-state index contributed by atoms with van der Waals surface area (Å²) in [6.07, 6.45) is 3.99. The molecule has 9 heteroatoms. The summed E-state index contributed by atoms with van der Waals surface area (Å²) in [7, 11) is -2.12. The zero-order valence-corrected chi connectivity index (χ0v) is 13.0. The highest BCUT2D eigenvalue weighted by Gasteiger charge is 2.33. The van der Waals surface area contributed by atoms with Gasteiger partial charge in [0.1, 0.15) is 0 Å². The molecule has 22 heavy (non-hydrogen) atoms. The van der Waals surface area contributed by atoms with E-state index in [1.807, 2.05) is 0 Å². The predicted octanol–water partition coefficient (Wildman–Crippen LogP) is -0.440. The van der Waals surface area contributed by atoms with Crippen molar-refractivity contribution in [1.82, 2.24) is 14.6 Å². The number of rotatable bonds is 3. The van der Waals surface area contributed by atoms with Gasteiger partial charge in [-0.3, -0.25) is 14.6 Å². The largest absolute Gasteiger partial charge is 0.333 e. The molecule has 1 unspecified atom stereocenters. The smallest absolute Gasteiger partial charge is 0.313 e. The molecule has 2 amide bonds. The van der Waals surface area contributed by atoms with Crippen molar-refractivity contribution in [3.8, 4) is 0 Å². The third-order valence-corrected chi connectivity index (χ3v) is 5.33. The van der Waals surface area contributed by atoms with Gasteiger partial charge in [0.2, 0.25) is 10.0 Å². The molecule has 0 bridgehead atoms. The normalized spacial score (nSPS) is 18.8. The molecule has 2 rings (SSSR count). The van der Waals surface area contributed by atoms with Crippen LogP contribution in [0.3, 0.4) is 0 Å². The minimum absolute atomic E-state index is 0.0163. The van der Waals surface area contributed by atoms with Crippen LogP contribution < -0.4 is 10.0 Å². The summed E-state index contributed by atoms with van der Waals surface area (Å²) in [6, 6.07) is 3.25. The standard InChI is InChI=1S/C13H18N4O4S/c1-14-22(20,21)11-5-3-7-17(9-11)13(19)12(18)16-10-4-2-6-15-8-10/h2,4,6,8,11,14H,3,5,7,9H2,1H3,(H,16,18). The van der Waals surface area contributed by atoms with Gasteiger partial charge >= 0.3 is 11.8 Å². The average molecular weight is 326 g/mol. The number of carbonyl (C=O) groups is 2. The molecule has 2 heterocycles. The first-order valence-corrected chi connectivity index (χ1v) is 8.41. The zero-order chi connectivity index (χ0) is 16.2. The Morgan fingerprint density at radius 1 is 1.41 bits per heavy atom. The van der Waals surface area contributed by atoms with Gasteiger partial charge in [0.25, 0.3) is 0 Å². The van der Waals surface area contributed by atoms with Crippen molar-refractivity contribution < 1.29 is 18.0 Å². The van der Waals surface area contributed by atoms with E-state index in [4.69, 9.17) is 0 Å². The van der Waals surface area contributed by atoms with E-state index in [-0.39, 0.29) is 6.54 Å². The lowest BCUT2D eigenvalue weighted by Gasteiger charge is -2.31. The van der Waals surface area contributed by atoms with Gasteiger partial charge in [0.15, 0.2) is 0 Å². The number of amides is 2. The molecule has 0 spiro atoms. The maximum absolute atomic E-state index is 12.1. The molecule has 120 valence electrons. The molecule has 2 N–H and O–H groups in total. The number of aromatic nitrogens is 1. The first kappa shape index (κ1) is 16.4. The van der Waals surface area contributed by atoms with Crippen molar-refractivity contribution in [1.29, 1.82) is 0 Å². The second-order valence-corrected chi connectivity index (χ2v) is 7.13. The highest BCUT2D eigenvalue weighted by atomic mass is 32.2. The van der Waals surface area contributed by atoms with Crippen LogP contribution in [-0.2, 0) is 19.6 Å². The van der Waals surface area contributed by atoms with E-state index < -0.39 is 27.1 Å². The van der Waals surface area contributed by atoms with E-state index in [1.165, 1.54) is 18.1 Å². The van der Waals surface area contributed by atoms with Gasteiger partial charge in [-0.15, -0.1) is 0 Å². The number of hydrogen-bond donors (Lipinski definition) is 2. The summed E-state index contributed by atoms with van der Waals surface area (Å²) in [5, 5.41) is 1.76. The van der Waals surface area contributed by atoms with Crippen LogP contribution in [0.25, 0.3) is 0 Å². The molecule has 8 nitrogen and oxygen atoms in total. The number of nitrogens with zero attached hydrogens (tertiary/aromatic N) is 2. The number of hydrogen-bond acceptors (Lipinski definition) is 5. The fraction of sp³-hybridized carbons (Fsp3) is 0.462. The SMILES string of the molecule is CNS(=O)(=O)C1CCCN(C(=O)C(=O)Nc2cccnc2)C1. The van der Waals surface area contributed by atoms with Gasteiger partial charge < -0.3 is 10.2 Å². The summed E-state index contributed by atoms with van der Waals surface area (Å²) in [4.78, 5) is 29.2. The van der Waals surface area contributed by atoms with E-state index >= 15 is 0 Å². The molecule has 1 aliphatic rings. The lowest BCUT2D eigenvalue weighted by Crippen LogP contribution is -2.50. The van der Waals surface area contributed by atoms with E-state index in [9.17, 15) is 18.0 Å². The third kappa shape index (κ3) is 3.80. The molecule has 1 aromatic rings. The van der Waals surface area contributed by atoms with Crippen molar-refractivity contribution >= 4 is 27.5 Å². The van der Waals surface area contributed by atoms with Crippen molar-refractivity contribution in [2.45, 2.75) is 18.1 Å². The maximum atomic E-state index is 12.1. The van der Waals surface area contributed by atoms with Crippen LogP contribution in [0.15, 0.2) is 24.5 Å². The molecule has 1 aromatic heterocycles. The molecule has 0 aliphatic carbocycles. The molecular weight excluding hydrogens is 308 g/mol. The van der Waals surface area contributed by atoms with E-state index in [0.29, 0.717) is 25.1 Å². The van der Waals surface area contributed by atoms with Gasteiger partial charge in [-0.2, -0.15) is 0 Å². The lowest BCUT2D eigenvalue weighted by atomic mass is 10.1. The summed E-state index contributed by atoms with van der Waals surface area (Å²) in [5.74, 6) is -1.53. The molecule has 1 atom stereocenters. The summed E-state index contributed by atoms with van der Waals surface area (Å²) in [6.45, 7) is 0.386. The maximum Gasteiger partial charge on any atom is 0.313 e. The van der Waals surface area contributed by atoms with Gasteiger partial charge in [0.05, 0.1) is 17.1 Å². The molecule has 0 saturated carbocycles. The highest BCUT2D eigenvalue weighted by molar-refractivity contribution is 7.90. The van der Waals surface area contributed by atoms with Crippen molar-refractivity contribution in [2.75, 3.05) is 25.5 Å². The number of carbonyl (C=O) groups excluding carboxylic acids is 2. The van der Waals surface area contributed by atoms with Crippen LogP contribution in [-0.4, -0.2) is 55.5 Å². The number of likely N-dealkylation sites (tertiary alicyclic amines) is 1. The lowest BCUT2D eigenvalue weighted by molar-refractivity contribution is -0.143. The van der Waals surface area contributed by atoms with Crippen LogP contribution in [0, 0.1) is 0 Å². The number of piperidine rings is 1. The number of anilines is 1. The van der Waals surface area contributed by atoms with Crippen molar-refractivity contribution in [3.05, 3.63) is 24.5 Å². The fourth-order valence-corrected chi connectivity index (χ4v) is 3.49. The molecule has 1 saturated heterocycles. The Bertz CT molecular complexity index is 647. The Balaban J connectivity index is 2.01. The first-order valence-electron chi connectivity index (χ1n) is 6.86. The number of nitrogens with one attached hydrogen (secondary N) is 2. The highest BCUT2D eigenvalue weighted by Crippen LogP contribution is 2.16. The molecule has 1 aliphatic heterocycles. The second-order valence-electron chi connectivity index (χ2n) is 4.96. The molecular formula is C13H18N4O4S. The Morgan fingerprint density at radius 3 is 2.82 bits per heavy atom. The van der Waals surface area contributed by atoms with Gasteiger partial charge in [-0.05, 0) is 32.0 Å². The average Bonchev–Trinajstić information content (AvgIpc) is 2.55. The van der Waals surface area contributed by atoms with Gasteiger partial charge in [0, 0.05) is 19.3 Å². The monoisotopic (exact) mass is 326 g/mol. The molecule has 1 fully saturated rings. The second kappa shape index (κ2) is 6.84. The Morgan fingerprint density at radius 2 is 2.18 bits per heavy atom. The minimum Gasteiger partial charge on any atom is -0.333 e. The summed E-state index contributed by atoms with van der Waals surface area (Å²) in [5.41, 5.74) is 0.414. The van der Waals surface area contributed by atoms with Crippen LogP contribution in [0.2, 0.25) is 0 Å². The Labute approximate surface area is 129 Å². The minimum atomic E-state index is -3.46. The van der Waals surface area contributed by atoms with Crippen LogP contribution in [0.5, 0.6) is 0 Å².